The number of ether oxygens (including phenoxy) is 1. The van der Waals surface area contributed by atoms with Gasteiger partial charge in [0.1, 0.15) is 5.75 Å². The summed E-state index contributed by atoms with van der Waals surface area (Å²) in [5, 5.41) is 5.87. The van der Waals surface area contributed by atoms with Crippen molar-refractivity contribution in [3.8, 4) is 5.75 Å². The SMILES string of the molecule is COc1ccc(S(=O)(=O)N2CCC(C(=O)Nc3ccccc3C(=O)NC(C)c3ccccc3)CC2)cc1. The Bertz CT molecular complexity index is 1340. The fourth-order valence-electron chi connectivity index (χ4n) is 4.38. The number of carbonyl (C=O) groups is 2. The number of benzene rings is 3. The van der Waals surface area contributed by atoms with Gasteiger partial charge >= 0.3 is 0 Å². The predicted octanol–water partition coefficient (Wildman–Crippen LogP) is 4.23. The molecule has 1 atom stereocenters. The molecule has 0 aromatic heterocycles. The number of para-hydroxylation sites is 1. The van der Waals surface area contributed by atoms with E-state index in [9.17, 15) is 18.0 Å². The first-order valence-corrected chi connectivity index (χ1v) is 13.6. The number of nitrogens with one attached hydrogen (secondary N) is 2. The molecule has 1 aliphatic rings. The van der Waals surface area contributed by atoms with Gasteiger partial charge in [-0.15, -0.1) is 0 Å². The van der Waals surface area contributed by atoms with Gasteiger partial charge in [0, 0.05) is 19.0 Å². The van der Waals surface area contributed by atoms with Crippen LogP contribution in [0.3, 0.4) is 0 Å². The lowest BCUT2D eigenvalue weighted by atomic mass is 9.97. The van der Waals surface area contributed by atoms with E-state index in [4.69, 9.17) is 4.74 Å². The Kier molecular flexibility index (Phi) is 8.25. The van der Waals surface area contributed by atoms with E-state index in [1.165, 1.54) is 23.5 Å². The molecule has 2 amide bonds. The van der Waals surface area contributed by atoms with Gasteiger partial charge in [0.25, 0.3) is 5.91 Å². The number of rotatable bonds is 8. The van der Waals surface area contributed by atoms with Crippen LogP contribution in [0.15, 0.2) is 83.8 Å². The molecule has 8 nitrogen and oxygen atoms in total. The molecule has 0 saturated carbocycles. The van der Waals surface area contributed by atoms with Crippen LogP contribution >= 0.6 is 0 Å². The van der Waals surface area contributed by atoms with E-state index >= 15 is 0 Å². The van der Waals surface area contributed by atoms with Crippen LogP contribution in [-0.4, -0.2) is 44.7 Å². The van der Waals surface area contributed by atoms with Crippen LogP contribution in [0.4, 0.5) is 5.69 Å². The molecule has 2 N–H and O–H groups in total. The van der Waals surface area contributed by atoms with Crippen molar-refractivity contribution in [2.75, 3.05) is 25.5 Å². The molecule has 1 saturated heterocycles. The Morgan fingerprint density at radius 2 is 1.54 bits per heavy atom. The van der Waals surface area contributed by atoms with Gasteiger partial charge in [0.05, 0.1) is 29.3 Å². The van der Waals surface area contributed by atoms with Gasteiger partial charge in [0.15, 0.2) is 0 Å². The van der Waals surface area contributed by atoms with Crippen molar-refractivity contribution in [2.45, 2.75) is 30.7 Å². The summed E-state index contributed by atoms with van der Waals surface area (Å²) in [5.74, 6) is -0.287. The van der Waals surface area contributed by atoms with E-state index in [1.807, 2.05) is 37.3 Å². The minimum atomic E-state index is -3.65. The molecule has 0 radical (unpaired) electrons. The summed E-state index contributed by atoms with van der Waals surface area (Å²) in [6, 6.07) is 22.6. The summed E-state index contributed by atoms with van der Waals surface area (Å²) in [6.07, 6.45) is 0.779. The minimum absolute atomic E-state index is 0.195. The number of methoxy groups -OCH3 is 1. The third-order valence-electron chi connectivity index (χ3n) is 6.60. The Hall–Kier alpha value is -3.69. The summed E-state index contributed by atoms with van der Waals surface area (Å²) in [7, 11) is -2.13. The topological polar surface area (TPSA) is 105 Å². The second-order valence-electron chi connectivity index (χ2n) is 8.99. The Morgan fingerprint density at radius 1 is 0.919 bits per heavy atom. The summed E-state index contributed by atoms with van der Waals surface area (Å²) in [6.45, 7) is 2.38. The van der Waals surface area contributed by atoms with E-state index in [0.717, 1.165) is 5.56 Å². The lowest BCUT2D eigenvalue weighted by molar-refractivity contribution is -0.120. The Labute approximate surface area is 217 Å². The number of amides is 2. The Balaban J connectivity index is 1.37. The number of carbonyl (C=O) groups excluding carboxylic acids is 2. The summed E-state index contributed by atoms with van der Waals surface area (Å²) in [4.78, 5) is 26.2. The van der Waals surface area contributed by atoms with Crippen molar-refractivity contribution in [1.29, 1.82) is 0 Å². The fourth-order valence-corrected chi connectivity index (χ4v) is 5.85. The Morgan fingerprint density at radius 3 is 2.19 bits per heavy atom. The smallest absolute Gasteiger partial charge is 0.253 e. The first-order chi connectivity index (χ1) is 17.8. The number of hydrogen-bond acceptors (Lipinski definition) is 5. The van der Waals surface area contributed by atoms with Crippen molar-refractivity contribution < 1.29 is 22.7 Å². The van der Waals surface area contributed by atoms with Crippen LogP contribution in [0, 0.1) is 5.92 Å². The monoisotopic (exact) mass is 521 g/mol. The van der Waals surface area contributed by atoms with Crippen LogP contribution in [0.25, 0.3) is 0 Å². The van der Waals surface area contributed by atoms with Gasteiger partial charge in [-0.3, -0.25) is 9.59 Å². The summed E-state index contributed by atoms with van der Waals surface area (Å²) < 4.78 is 32.5. The molecule has 3 aromatic carbocycles. The minimum Gasteiger partial charge on any atom is -0.497 e. The standard InChI is InChI=1S/C28H31N3O5S/c1-20(21-8-4-3-5-9-21)29-28(33)25-10-6-7-11-26(25)30-27(32)22-16-18-31(19-17-22)37(34,35)24-14-12-23(36-2)13-15-24/h3-15,20,22H,16-19H2,1-2H3,(H,29,33)(H,30,32). The van der Waals surface area contributed by atoms with Gasteiger partial charge in [-0.1, -0.05) is 42.5 Å². The van der Waals surface area contributed by atoms with Gasteiger partial charge in [0.2, 0.25) is 15.9 Å². The van der Waals surface area contributed by atoms with Crippen molar-refractivity contribution in [3.05, 3.63) is 90.0 Å². The second-order valence-corrected chi connectivity index (χ2v) is 10.9. The van der Waals surface area contributed by atoms with E-state index in [-0.39, 0.29) is 41.8 Å². The maximum absolute atomic E-state index is 13.1. The van der Waals surface area contributed by atoms with Crippen molar-refractivity contribution in [1.82, 2.24) is 9.62 Å². The molecule has 37 heavy (non-hydrogen) atoms. The number of sulfonamides is 1. The maximum Gasteiger partial charge on any atom is 0.253 e. The van der Waals surface area contributed by atoms with Gasteiger partial charge in [-0.2, -0.15) is 4.31 Å². The van der Waals surface area contributed by atoms with Crippen LogP contribution in [0.1, 0.15) is 41.7 Å². The number of piperidine rings is 1. The molecular weight excluding hydrogens is 490 g/mol. The van der Waals surface area contributed by atoms with E-state index in [0.29, 0.717) is 29.8 Å². The molecule has 1 fully saturated rings. The molecule has 9 heteroatoms. The van der Waals surface area contributed by atoms with E-state index in [1.54, 1.807) is 36.4 Å². The summed E-state index contributed by atoms with van der Waals surface area (Å²) >= 11 is 0. The third-order valence-corrected chi connectivity index (χ3v) is 8.51. The molecule has 0 bridgehead atoms. The molecule has 1 aliphatic heterocycles. The zero-order valence-electron chi connectivity index (χ0n) is 20.9. The molecule has 1 heterocycles. The van der Waals surface area contributed by atoms with Gasteiger partial charge in [-0.05, 0) is 61.7 Å². The zero-order chi connectivity index (χ0) is 26.4. The largest absolute Gasteiger partial charge is 0.497 e. The molecule has 194 valence electrons. The van der Waals surface area contributed by atoms with Gasteiger partial charge < -0.3 is 15.4 Å². The third kappa shape index (κ3) is 6.18. The predicted molar refractivity (Wildman–Crippen MR) is 142 cm³/mol. The average molecular weight is 522 g/mol. The highest BCUT2D eigenvalue weighted by Crippen LogP contribution is 2.27. The average Bonchev–Trinajstić information content (AvgIpc) is 2.93. The quantitative estimate of drug-likeness (QED) is 0.462. The molecular formula is C28H31N3O5S. The van der Waals surface area contributed by atoms with E-state index in [2.05, 4.69) is 10.6 Å². The molecule has 0 spiro atoms. The zero-order valence-corrected chi connectivity index (χ0v) is 21.7. The van der Waals surface area contributed by atoms with Crippen molar-refractivity contribution in [3.63, 3.8) is 0 Å². The molecule has 4 rings (SSSR count). The maximum atomic E-state index is 13.1. The summed E-state index contributed by atoms with van der Waals surface area (Å²) in [5.41, 5.74) is 1.78. The normalized spacial score (nSPS) is 15.5. The first-order valence-electron chi connectivity index (χ1n) is 12.2. The second kappa shape index (κ2) is 11.6. The number of nitrogens with zero attached hydrogens (tertiary/aromatic N) is 1. The molecule has 1 unspecified atom stereocenters. The van der Waals surface area contributed by atoms with Gasteiger partial charge in [-0.25, -0.2) is 8.42 Å². The van der Waals surface area contributed by atoms with Crippen molar-refractivity contribution in [2.24, 2.45) is 5.92 Å². The van der Waals surface area contributed by atoms with Crippen molar-refractivity contribution >= 4 is 27.5 Å². The van der Waals surface area contributed by atoms with E-state index < -0.39 is 10.0 Å². The highest BCUT2D eigenvalue weighted by atomic mass is 32.2. The van der Waals surface area contributed by atoms with Crippen LogP contribution in [0.5, 0.6) is 5.75 Å². The number of hydrogen-bond donors (Lipinski definition) is 2. The highest BCUT2D eigenvalue weighted by Gasteiger charge is 2.32. The van der Waals surface area contributed by atoms with Crippen LogP contribution in [0.2, 0.25) is 0 Å². The molecule has 0 aliphatic carbocycles. The first kappa shape index (κ1) is 26.4. The fraction of sp³-hybridized carbons (Fsp3) is 0.286. The van der Waals surface area contributed by atoms with Crippen LogP contribution in [-0.2, 0) is 14.8 Å². The lowest BCUT2D eigenvalue weighted by Gasteiger charge is -2.30. The lowest BCUT2D eigenvalue weighted by Crippen LogP contribution is -2.41. The number of anilines is 1. The molecule has 3 aromatic rings. The van der Waals surface area contributed by atoms with Crippen LogP contribution < -0.4 is 15.4 Å². The highest BCUT2D eigenvalue weighted by molar-refractivity contribution is 7.89.